The summed E-state index contributed by atoms with van der Waals surface area (Å²) in [6.45, 7) is 6.36. The van der Waals surface area contributed by atoms with Crippen molar-refractivity contribution >= 4 is 23.5 Å². The van der Waals surface area contributed by atoms with E-state index >= 15 is 0 Å². The Morgan fingerprint density at radius 2 is 1.81 bits per heavy atom. The van der Waals surface area contributed by atoms with Gasteiger partial charge in [0, 0.05) is 22.9 Å². The van der Waals surface area contributed by atoms with Crippen LogP contribution in [-0.4, -0.2) is 23.8 Å². The number of hydrogen-bond acceptors (Lipinski definition) is 3. The highest BCUT2D eigenvalue weighted by Gasteiger charge is 1.95. The van der Waals surface area contributed by atoms with Crippen molar-refractivity contribution in [3.8, 4) is 0 Å². The van der Waals surface area contributed by atoms with Gasteiger partial charge in [0.25, 0.3) is 0 Å². The van der Waals surface area contributed by atoms with Gasteiger partial charge in [-0.1, -0.05) is 26.0 Å². The van der Waals surface area contributed by atoms with Crippen molar-refractivity contribution in [2.75, 3.05) is 23.8 Å². The van der Waals surface area contributed by atoms with Gasteiger partial charge in [-0.05, 0) is 30.0 Å². The maximum Gasteiger partial charge on any atom is 0.0205 e. The molecule has 90 valence electrons. The highest BCUT2D eigenvalue weighted by molar-refractivity contribution is 8.02. The Hall–Kier alpha value is -0.120. The monoisotopic (exact) mass is 255 g/mol. The molecule has 0 aliphatic rings. The smallest absolute Gasteiger partial charge is 0.0205 e. The first-order valence-electron chi connectivity index (χ1n) is 5.87. The molecule has 0 fully saturated rings. The van der Waals surface area contributed by atoms with Crippen LogP contribution in [0.1, 0.15) is 19.4 Å². The highest BCUT2D eigenvalue weighted by Crippen LogP contribution is 2.19. The summed E-state index contributed by atoms with van der Waals surface area (Å²) >= 11 is 3.96. The number of thioether (sulfide) groups is 2. The molecule has 0 heterocycles. The van der Waals surface area contributed by atoms with E-state index in [1.54, 1.807) is 0 Å². The topological polar surface area (TPSA) is 12.0 Å². The quantitative estimate of drug-likeness (QED) is 0.562. The Kier molecular flexibility index (Phi) is 7.81. The molecule has 3 heteroatoms. The van der Waals surface area contributed by atoms with E-state index in [2.05, 4.69) is 43.4 Å². The van der Waals surface area contributed by atoms with Crippen molar-refractivity contribution in [3.05, 3.63) is 29.8 Å². The summed E-state index contributed by atoms with van der Waals surface area (Å²) in [4.78, 5) is 1.39. The molecule has 1 nitrogen and oxygen atoms in total. The first-order chi connectivity index (χ1) is 7.86. The van der Waals surface area contributed by atoms with E-state index in [9.17, 15) is 0 Å². The molecule has 0 radical (unpaired) electrons. The van der Waals surface area contributed by atoms with Gasteiger partial charge in [-0.25, -0.2) is 0 Å². The minimum atomic E-state index is 0.979. The lowest BCUT2D eigenvalue weighted by molar-refractivity contribution is 0.726. The average molecular weight is 255 g/mol. The maximum atomic E-state index is 3.33. The van der Waals surface area contributed by atoms with Crippen LogP contribution in [0.2, 0.25) is 0 Å². The van der Waals surface area contributed by atoms with Gasteiger partial charge < -0.3 is 5.32 Å². The van der Waals surface area contributed by atoms with Crippen molar-refractivity contribution in [1.82, 2.24) is 5.32 Å². The Labute approximate surface area is 108 Å². The Balaban J connectivity index is 2.27. The fourth-order valence-electron chi connectivity index (χ4n) is 1.34. The molecule has 1 N–H and O–H groups in total. The van der Waals surface area contributed by atoms with E-state index in [4.69, 9.17) is 0 Å². The lowest BCUT2D eigenvalue weighted by atomic mass is 10.2. The molecule has 0 spiro atoms. The zero-order valence-corrected chi connectivity index (χ0v) is 11.8. The molecule has 0 amide bonds. The summed E-state index contributed by atoms with van der Waals surface area (Å²) in [6.07, 6.45) is 0. The first-order valence-corrected chi connectivity index (χ1v) is 8.01. The molecule has 0 saturated carbocycles. The standard InChI is InChI=1S/C13H21NS2/c1-3-14-11-12-5-7-13(8-6-12)16-10-9-15-4-2/h5-8,14H,3-4,9-11H2,1-2H3. The van der Waals surface area contributed by atoms with Gasteiger partial charge in [-0.15, -0.1) is 11.8 Å². The van der Waals surface area contributed by atoms with Crippen LogP contribution in [0.25, 0.3) is 0 Å². The molecule has 0 aliphatic carbocycles. The third kappa shape index (κ3) is 5.83. The molecule has 0 bridgehead atoms. The van der Waals surface area contributed by atoms with Gasteiger partial charge in [0.15, 0.2) is 0 Å². The van der Waals surface area contributed by atoms with Crippen molar-refractivity contribution in [2.45, 2.75) is 25.3 Å². The number of rotatable bonds is 8. The molecule has 1 rings (SSSR count). The SMILES string of the molecule is CCNCc1ccc(SCCSCC)cc1. The van der Waals surface area contributed by atoms with Crippen LogP contribution < -0.4 is 5.32 Å². The van der Waals surface area contributed by atoms with Crippen LogP contribution >= 0.6 is 23.5 Å². The average Bonchev–Trinajstić information content (AvgIpc) is 2.33. The summed E-state index contributed by atoms with van der Waals surface area (Å²) < 4.78 is 0. The van der Waals surface area contributed by atoms with Gasteiger partial charge in [-0.2, -0.15) is 11.8 Å². The number of benzene rings is 1. The minimum absolute atomic E-state index is 0.979. The zero-order valence-electron chi connectivity index (χ0n) is 10.2. The van der Waals surface area contributed by atoms with E-state index in [1.807, 2.05) is 23.5 Å². The lowest BCUT2D eigenvalue weighted by Gasteiger charge is -2.04. The van der Waals surface area contributed by atoms with E-state index in [0.29, 0.717) is 0 Å². The summed E-state index contributed by atoms with van der Waals surface area (Å²) in [6, 6.07) is 8.90. The Morgan fingerprint density at radius 1 is 1.06 bits per heavy atom. The van der Waals surface area contributed by atoms with E-state index in [1.165, 1.54) is 27.7 Å². The summed E-state index contributed by atoms with van der Waals surface area (Å²) in [5.74, 6) is 3.69. The molecule has 0 aliphatic heterocycles. The Bertz CT molecular complexity index is 272. The van der Waals surface area contributed by atoms with Crippen LogP contribution in [-0.2, 0) is 6.54 Å². The van der Waals surface area contributed by atoms with E-state index in [-0.39, 0.29) is 0 Å². The molecule has 1 aromatic carbocycles. The van der Waals surface area contributed by atoms with Crippen molar-refractivity contribution in [1.29, 1.82) is 0 Å². The second kappa shape index (κ2) is 8.97. The van der Waals surface area contributed by atoms with Crippen LogP contribution in [0.4, 0.5) is 0 Å². The van der Waals surface area contributed by atoms with Crippen molar-refractivity contribution in [2.24, 2.45) is 0 Å². The predicted octanol–water partition coefficient (Wildman–Crippen LogP) is 3.64. The molecular formula is C13H21NS2. The third-order valence-electron chi connectivity index (χ3n) is 2.20. The second-order valence-electron chi connectivity index (χ2n) is 3.47. The van der Waals surface area contributed by atoms with Gasteiger partial charge in [0.05, 0.1) is 0 Å². The van der Waals surface area contributed by atoms with Crippen LogP contribution in [0.5, 0.6) is 0 Å². The minimum Gasteiger partial charge on any atom is -0.313 e. The second-order valence-corrected chi connectivity index (χ2v) is 6.03. The van der Waals surface area contributed by atoms with Crippen molar-refractivity contribution < 1.29 is 0 Å². The maximum absolute atomic E-state index is 3.33. The molecule has 1 aromatic rings. The highest BCUT2D eigenvalue weighted by atomic mass is 32.2. The predicted molar refractivity (Wildman–Crippen MR) is 77.5 cm³/mol. The fourth-order valence-corrected chi connectivity index (χ4v) is 2.99. The molecule has 0 saturated heterocycles. The number of nitrogens with one attached hydrogen (secondary N) is 1. The van der Waals surface area contributed by atoms with Gasteiger partial charge in [0.2, 0.25) is 0 Å². The van der Waals surface area contributed by atoms with Crippen LogP contribution in [0, 0.1) is 0 Å². The van der Waals surface area contributed by atoms with Crippen LogP contribution in [0.15, 0.2) is 29.2 Å². The van der Waals surface area contributed by atoms with E-state index in [0.717, 1.165) is 13.1 Å². The summed E-state index contributed by atoms with van der Waals surface area (Å²) in [7, 11) is 0. The van der Waals surface area contributed by atoms with Gasteiger partial charge >= 0.3 is 0 Å². The molecular weight excluding hydrogens is 234 g/mol. The summed E-state index contributed by atoms with van der Waals surface area (Å²) in [5.41, 5.74) is 1.37. The molecule has 0 unspecified atom stereocenters. The normalized spacial score (nSPS) is 10.6. The molecule has 0 atom stereocenters. The lowest BCUT2D eigenvalue weighted by Crippen LogP contribution is -2.11. The third-order valence-corrected chi connectivity index (χ3v) is 4.38. The van der Waals surface area contributed by atoms with Gasteiger partial charge in [0.1, 0.15) is 0 Å². The molecule has 16 heavy (non-hydrogen) atoms. The fraction of sp³-hybridized carbons (Fsp3) is 0.538. The number of hydrogen-bond donors (Lipinski definition) is 1. The zero-order chi connectivity index (χ0) is 11.6. The molecule has 0 aromatic heterocycles. The Morgan fingerprint density at radius 3 is 2.44 bits per heavy atom. The largest absolute Gasteiger partial charge is 0.313 e. The van der Waals surface area contributed by atoms with E-state index < -0.39 is 0 Å². The first kappa shape index (κ1) is 13.9. The van der Waals surface area contributed by atoms with Gasteiger partial charge in [-0.3, -0.25) is 0 Å². The van der Waals surface area contributed by atoms with Crippen LogP contribution in [0.3, 0.4) is 0 Å². The van der Waals surface area contributed by atoms with Crippen molar-refractivity contribution in [3.63, 3.8) is 0 Å². The summed E-state index contributed by atoms with van der Waals surface area (Å²) in [5, 5.41) is 3.33.